The molecule has 0 amide bonds. The van der Waals surface area contributed by atoms with Crippen molar-refractivity contribution in [2.24, 2.45) is 0 Å². The first kappa shape index (κ1) is 16.9. The second kappa shape index (κ2) is 7.20. The Labute approximate surface area is 141 Å². The second-order valence-electron chi connectivity index (χ2n) is 5.02. The molecule has 3 aromatic rings. The Balaban J connectivity index is 0.00000192. The lowest BCUT2D eigenvalue weighted by atomic mass is 10.1. The largest absolute Gasteiger partial charge is 0.497 e. The number of aryl methyl sites for hydroxylation is 1. The van der Waals surface area contributed by atoms with Gasteiger partial charge in [0.15, 0.2) is 0 Å². The van der Waals surface area contributed by atoms with E-state index in [4.69, 9.17) is 9.47 Å². The fourth-order valence-corrected chi connectivity index (χ4v) is 2.46. The molecule has 0 aliphatic rings. The number of fused-ring (bicyclic) bond motifs is 1. The first-order valence-electron chi connectivity index (χ1n) is 7.06. The average Bonchev–Trinajstić information content (AvgIpc) is 2.55. The van der Waals surface area contributed by atoms with E-state index in [1.54, 1.807) is 14.2 Å². The minimum atomic E-state index is 0. The lowest BCUT2D eigenvalue weighted by molar-refractivity contribution is 0.415. The summed E-state index contributed by atoms with van der Waals surface area (Å²) >= 11 is 0. The number of hydrogen-bond donors (Lipinski definition) is 1. The van der Waals surface area contributed by atoms with Crippen molar-refractivity contribution in [1.82, 2.24) is 4.98 Å². The number of nitrogens with zero attached hydrogens (tertiary/aromatic N) is 1. The predicted molar refractivity (Wildman–Crippen MR) is 96.6 cm³/mol. The van der Waals surface area contributed by atoms with Gasteiger partial charge in [-0.05, 0) is 43.3 Å². The number of halogens is 1. The summed E-state index contributed by atoms with van der Waals surface area (Å²) in [7, 11) is 3.33. The third-order valence-electron chi connectivity index (χ3n) is 3.52. The normalized spacial score (nSPS) is 10.0. The topological polar surface area (TPSA) is 43.4 Å². The van der Waals surface area contributed by atoms with Crippen LogP contribution < -0.4 is 14.8 Å². The van der Waals surface area contributed by atoms with Gasteiger partial charge in [-0.1, -0.05) is 12.1 Å². The molecule has 120 valence electrons. The molecule has 1 heterocycles. The number of pyridine rings is 1. The zero-order chi connectivity index (χ0) is 15.5. The van der Waals surface area contributed by atoms with Crippen LogP contribution in [0.1, 0.15) is 5.69 Å². The van der Waals surface area contributed by atoms with Crippen LogP contribution in [-0.4, -0.2) is 19.2 Å². The number of nitrogens with one attached hydrogen (secondary N) is 1. The van der Waals surface area contributed by atoms with Crippen molar-refractivity contribution in [1.29, 1.82) is 0 Å². The zero-order valence-electron chi connectivity index (χ0n) is 13.3. The standard InChI is InChI=1S/C18H18N2O2.ClH/c1-12-10-17(20-16-6-4-5-7-18(16)22-3)14-11-13(21-2)8-9-15(14)19-12;/h4-11H,1-3H3,(H,19,20);1H. The van der Waals surface area contributed by atoms with Gasteiger partial charge in [0.2, 0.25) is 0 Å². The summed E-state index contributed by atoms with van der Waals surface area (Å²) in [6.45, 7) is 1.98. The molecule has 0 bridgehead atoms. The maximum atomic E-state index is 5.40. The van der Waals surface area contributed by atoms with Crippen molar-refractivity contribution >= 4 is 34.7 Å². The highest BCUT2D eigenvalue weighted by Gasteiger charge is 2.08. The molecule has 0 saturated heterocycles. The first-order valence-corrected chi connectivity index (χ1v) is 7.06. The van der Waals surface area contributed by atoms with Crippen LogP contribution in [0.3, 0.4) is 0 Å². The van der Waals surface area contributed by atoms with E-state index in [2.05, 4.69) is 10.3 Å². The molecule has 0 unspecified atom stereocenters. The maximum Gasteiger partial charge on any atom is 0.142 e. The van der Waals surface area contributed by atoms with Crippen LogP contribution in [0.2, 0.25) is 0 Å². The van der Waals surface area contributed by atoms with Crippen molar-refractivity contribution < 1.29 is 9.47 Å². The molecule has 4 nitrogen and oxygen atoms in total. The van der Waals surface area contributed by atoms with Crippen LogP contribution in [0.4, 0.5) is 11.4 Å². The zero-order valence-corrected chi connectivity index (χ0v) is 14.1. The molecule has 2 aromatic carbocycles. The summed E-state index contributed by atoms with van der Waals surface area (Å²) in [5.41, 5.74) is 3.78. The number of benzene rings is 2. The van der Waals surface area contributed by atoms with Gasteiger partial charge in [-0.2, -0.15) is 0 Å². The van der Waals surface area contributed by atoms with E-state index in [1.165, 1.54) is 0 Å². The summed E-state index contributed by atoms with van der Waals surface area (Å²) in [6.07, 6.45) is 0. The van der Waals surface area contributed by atoms with Crippen LogP contribution in [0.25, 0.3) is 10.9 Å². The second-order valence-corrected chi connectivity index (χ2v) is 5.02. The van der Waals surface area contributed by atoms with E-state index >= 15 is 0 Å². The maximum absolute atomic E-state index is 5.40. The highest BCUT2D eigenvalue weighted by atomic mass is 35.5. The van der Waals surface area contributed by atoms with Crippen LogP contribution in [0.5, 0.6) is 11.5 Å². The summed E-state index contributed by atoms with van der Waals surface area (Å²) in [6, 6.07) is 15.7. The fourth-order valence-electron chi connectivity index (χ4n) is 2.46. The van der Waals surface area contributed by atoms with Crippen LogP contribution >= 0.6 is 12.4 Å². The molecule has 0 atom stereocenters. The quantitative estimate of drug-likeness (QED) is 0.751. The van der Waals surface area contributed by atoms with Gasteiger partial charge in [-0.3, -0.25) is 4.98 Å². The number of methoxy groups -OCH3 is 2. The van der Waals surface area contributed by atoms with Crippen LogP contribution in [0, 0.1) is 6.92 Å². The SMILES string of the molecule is COc1ccc2nc(C)cc(Nc3ccccc3OC)c2c1.Cl. The molecule has 5 heteroatoms. The summed E-state index contributed by atoms with van der Waals surface area (Å²) in [5.74, 6) is 1.61. The van der Waals surface area contributed by atoms with Crippen molar-refractivity contribution in [2.45, 2.75) is 6.92 Å². The van der Waals surface area contributed by atoms with Crippen molar-refractivity contribution in [3.05, 3.63) is 54.2 Å². The summed E-state index contributed by atoms with van der Waals surface area (Å²) in [4.78, 5) is 4.57. The van der Waals surface area contributed by atoms with Crippen LogP contribution in [-0.2, 0) is 0 Å². The van der Waals surface area contributed by atoms with Gasteiger partial charge in [0.05, 0.1) is 25.4 Å². The highest BCUT2D eigenvalue weighted by molar-refractivity contribution is 5.94. The molecule has 23 heavy (non-hydrogen) atoms. The van der Waals surface area contributed by atoms with Gasteiger partial charge < -0.3 is 14.8 Å². The molecule has 0 fully saturated rings. The predicted octanol–water partition coefficient (Wildman–Crippen LogP) is 4.73. The van der Waals surface area contributed by atoms with Gasteiger partial charge in [0.25, 0.3) is 0 Å². The Kier molecular flexibility index (Phi) is 5.29. The van der Waals surface area contributed by atoms with Crippen LogP contribution in [0.15, 0.2) is 48.5 Å². The lowest BCUT2D eigenvalue weighted by Crippen LogP contribution is -1.97. The van der Waals surface area contributed by atoms with Crippen molar-refractivity contribution in [3.8, 4) is 11.5 Å². The molecule has 1 N–H and O–H groups in total. The molecule has 0 saturated carbocycles. The van der Waals surface area contributed by atoms with E-state index in [1.807, 2.05) is 55.5 Å². The van der Waals surface area contributed by atoms with E-state index in [-0.39, 0.29) is 12.4 Å². The van der Waals surface area contributed by atoms with Crippen molar-refractivity contribution in [2.75, 3.05) is 19.5 Å². The van der Waals surface area contributed by atoms with Gasteiger partial charge in [0.1, 0.15) is 11.5 Å². The molecule has 0 aliphatic heterocycles. The highest BCUT2D eigenvalue weighted by Crippen LogP contribution is 2.32. The molecule has 0 radical (unpaired) electrons. The molecule has 3 rings (SSSR count). The Morgan fingerprint density at radius 3 is 2.43 bits per heavy atom. The lowest BCUT2D eigenvalue weighted by Gasteiger charge is -2.14. The Morgan fingerprint density at radius 1 is 0.913 bits per heavy atom. The molecule has 0 aliphatic carbocycles. The van der Waals surface area contributed by atoms with E-state index in [9.17, 15) is 0 Å². The number of para-hydroxylation sites is 2. The van der Waals surface area contributed by atoms with Crippen molar-refractivity contribution in [3.63, 3.8) is 0 Å². The first-order chi connectivity index (χ1) is 10.7. The molecular formula is C18H19ClN2O2. The van der Waals surface area contributed by atoms with E-state index < -0.39 is 0 Å². The minimum absolute atomic E-state index is 0. The third-order valence-corrected chi connectivity index (χ3v) is 3.52. The Bertz CT molecular complexity index is 821. The Morgan fingerprint density at radius 2 is 1.70 bits per heavy atom. The van der Waals surface area contributed by atoms with E-state index in [0.29, 0.717) is 0 Å². The number of aromatic nitrogens is 1. The minimum Gasteiger partial charge on any atom is -0.497 e. The summed E-state index contributed by atoms with van der Waals surface area (Å²) in [5, 5.41) is 4.45. The average molecular weight is 331 g/mol. The van der Waals surface area contributed by atoms with Gasteiger partial charge in [0, 0.05) is 16.8 Å². The van der Waals surface area contributed by atoms with Gasteiger partial charge >= 0.3 is 0 Å². The number of anilines is 2. The smallest absolute Gasteiger partial charge is 0.142 e. The van der Waals surface area contributed by atoms with Gasteiger partial charge in [-0.15, -0.1) is 12.4 Å². The number of ether oxygens (including phenoxy) is 2. The number of hydrogen-bond acceptors (Lipinski definition) is 4. The fraction of sp³-hybridized carbons (Fsp3) is 0.167. The molecular weight excluding hydrogens is 312 g/mol. The monoisotopic (exact) mass is 330 g/mol. The van der Waals surface area contributed by atoms with Gasteiger partial charge in [-0.25, -0.2) is 0 Å². The number of rotatable bonds is 4. The molecule has 1 aromatic heterocycles. The molecule has 0 spiro atoms. The van der Waals surface area contributed by atoms with E-state index in [0.717, 1.165) is 39.5 Å². The third kappa shape index (κ3) is 3.48. The Hall–Kier alpha value is -2.46. The summed E-state index contributed by atoms with van der Waals surface area (Å²) < 4.78 is 10.7.